The molecule has 0 aliphatic carbocycles. The lowest BCUT2D eigenvalue weighted by molar-refractivity contribution is -0.137. The smallest absolute Gasteiger partial charge is 0.382 e. The number of fused-ring (bicyclic) bond motifs is 1. The van der Waals surface area contributed by atoms with Gasteiger partial charge in [-0.25, -0.2) is 4.98 Å². The molecule has 3 rings (SSSR count). The number of aromatic amines is 1. The van der Waals surface area contributed by atoms with E-state index >= 15 is 0 Å². The highest BCUT2D eigenvalue weighted by atomic mass is 32.1. The zero-order valence-corrected chi connectivity index (χ0v) is 14.4. The Morgan fingerprint density at radius 1 is 1.27 bits per heavy atom. The fourth-order valence-electron chi connectivity index (χ4n) is 2.30. The molecule has 0 spiro atoms. The van der Waals surface area contributed by atoms with Crippen molar-refractivity contribution in [3.63, 3.8) is 0 Å². The summed E-state index contributed by atoms with van der Waals surface area (Å²) in [6.07, 6.45) is -4.47. The maximum atomic E-state index is 12.9. The van der Waals surface area contributed by atoms with Crippen LogP contribution in [0, 0.1) is 0 Å². The molecule has 6 nitrogen and oxygen atoms in total. The fraction of sp³-hybridized carbons (Fsp3) is 0.312. The van der Waals surface area contributed by atoms with E-state index in [1.54, 1.807) is 0 Å². The van der Waals surface area contributed by atoms with Crippen LogP contribution < -0.4 is 5.56 Å². The van der Waals surface area contributed by atoms with Gasteiger partial charge in [-0.05, 0) is 23.7 Å². The van der Waals surface area contributed by atoms with E-state index in [2.05, 4.69) is 14.3 Å². The number of halogens is 3. The first-order valence-electron chi connectivity index (χ1n) is 7.53. The first kappa shape index (κ1) is 18.5. The van der Waals surface area contributed by atoms with E-state index in [-0.39, 0.29) is 33.9 Å². The summed E-state index contributed by atoms with van der Waals surface area (Å²) in [4.78, 5) is 19.1. The minimum Gasteiger partial charge on any atom is -0.382 e. The lowest BCUT2D eigenvalue weighted by Gasteiger charge is -2.08. The number of nitrogens with zero attached hydrogens (tertiary/aromatic N) is 2. The minimum absolute atomic E-state index is 0.0480. The number of benzene rings is 1. The lowest BCUT2D eigenvalue weighted by atomic mass is 10.1. The molecule has 3 aromatic rings. The molecule has 0 unspecified atom stereocenters. The van der Waals surface area contributed by atoms with E-state index in [1.807, 2.05) is 0 Å². The summed E-state index contributed by atoms with van der Waals surface area (Å²) in [5.74, 6) is 0.270. The van der Waals surface area contributed by atoms with Gasteiger partial charge in [0.05, 0.1) is 18.8 Å². The number of hydrogen-bond acceptors (Lipinski definition) is 6. The average Bonchev–Trinajstić information content (AvgIpc) is 3.03. The highest BCUT2D eigenvalue weighted by molar-refractivity contribution is 7.13. The number of H-pyrrole nitrogens is 1. The number of rotatable bonds is 6. The first-order valence-corrected chi connectivity index (χ1v) is 8.30. The predicted octanol–water partition coefficient (Wildman–Crippen LogP) is 3.23. The summed E-state index contributed by atoms with van der Waals surface area (Å²) in [5.41, 5.74) is -0.459. The number of methoxy groups -OCH3 is 1. The van der Waals surface area contributed by atoms with Crippen LogP contribution in [0.4, 0.5) is 13.2 Å². The van der Waals surface area contributed by atoms with Crippen LogP contribution in [0.1, 0.15) is 11.4 Å². The van der Waals surface area contributed by atoms with E-state index < -0.39 is 17.3 Å². The molecule has 0 fully saturated rings. The van der Waals surface area contributed by atoms with Crippen LogP contribution in [0.5, 0.6) is 0 Å². The van der Waals surface area contributed by atoms with Crippen LogP contribution in [-0.4, -0.2) is 34.7 Å². The van der Waals surface area contributed by atoms with Crippen LogP contribution >= 0.6 is 11.5 Å². The Labute approximate surface area is 149 Å². The minimum atomic E-state index is -4.47. The van der Waals surface area contributed by atoms with Gasteiger partial charge >= 0.3 is 6.18 Å². The van der Waals surface area contributed by atoms with Crippen molar-refractivity contribution in [3.05, 3.63) is 46.0 Å². The SMILES string of the molecule is COCCOCc1nc2c(-c3cccc(C(F)(F)F)c3)nsc2c(=O)[nH]1. The van der Waals surface area contributed by atoms with Crippen LogP contribution in [0.15, 0.2) is 29.1 Å². The van der Waals surface area contributed by atoms with E-state index in [1.165, 1.54) is 19.2 Å². The second-order valence-corrected chi connectivity index (χ2v) is 6.12. The van der Waals surface area contributed by atoms with E-state index in [4.69, 9.17) is 9.47 Å². The zero-order chi connectivity index (χ0) is 18.7. The normalized spacial score (nSPS) is 12.0. The molecule has 0 aliphatic rings. The van der Waals surface area contributed by atoms with Gasteiger partial charge in [-0.3, -0.25) is 4.79 Å². The molecule has 0 atom stereocenters. The van der Waals surface area contributed by atoms with Gasteiger partial charge in [0, 0.05) is 12.7 Å². The molecule has 0 radical (unpaired) electrons. The van der Waals surface area contributed by atoms with Crippen LogP contribution in [0.3, 0.4) is 0 Å². The third-order valence-electron chi connectivity index (χ3n) is 3.51. The van der Waals surface area contributed by atoms with Crippen LogP contribution in [-0.2, 0) is 22.3 Å². The summed E-state index contributed by atoms with van der Waals surface area (Å²) in [5, 5.41) is 0. The Morgan fingerprint density at radius 2 is 2.08 bits per heavy atom. The molecule has 0 saturated heterocycles. The topological polar surface area (TPSA) is 77.1 Å². The van der Waals surface area contributed by atoms with Crippen LogP contribution in [0.2, 0.25) is 0 Å². The van der Waals surface area contributed by atoms with Crippen LogP contribution in [0.25, 0.3) is 21.5 Å². The van der Waals surface area contributed by atoms with E-state index in [0.29, 0.717) is 13.2 Å². The fourth-order valence-corrected chi connectivity index (χ4v) is 3.04. The van der Waals surface area contributed by atoms with Crippen molar-refractivity contribution in [1.29, 1.82) is 0 Å². The monoisotopic (exact) mass is 385 g/mol. The van der Waals surface area contributed by atoms with Gasteiger partial charge in [0.25, 0.3) is 5.56 Å². The van der Waals surface area contributed by atoms with Gasteiger partial charge in [-0.2, -0.15) is 17.5 Å². The highest BCUT2D eigenvalue weighted by Gasteiger charge is 2.30. The van der Waals surface area contributed by atoms with Crippen molar-refractivity contribution in [2.24, 2.45) is 0 Å². The molecule has 2 aromatic heterocycles. The van der Waals surface area contributed by atoms with Gasteiger partial charge in [-0.15, -0.1) is 0 Å². The summed E-state index contributed by atoms with van der Waals surface area (Å²) < 4.78 is 53.4. The number of hydrogen-bond donors (Lipinski definition) is 1. The Bertz CT molecular complexity index is 969. The number of ether oxygens (including phenoxy) is 2. The molecule has 2 heterocycles. The molecule has 138 valence electrons. The average molecular weight is 385 g/mol. The van der Waals surface area contributed by atoms with Gasteiger partial charge in [-0.1, -0.05) is 12.1 Å². The van der Waals surface area contributed by atoms with Gasteiger partial charge in [0.2, 0.25) is 0 Å². The molecule has 1 aromatic carbocycles. The summed E-state index contributed by atoms with van der Waals surface area (Å²) in [6.45, 7) is 0.759. The van der Waals surface area contributed by atoms with Gasteiger partial charge in [0.1, 0.15) is 28.3 Å². The van der Waals surface area contributed by atoms with Crippen molar-refractivity contribution in [2.75, 3.05) is 20.3 Å². The lowest BCUT2D eigenvalue weighted by Crippen LogP contribution is -2.12. The van der Waals surface area contributed by atoms with E-state index in [0.717, 1.165) is 23.7 Å². The summed E-state index contributed by atoms with van der Waals surface area (Å²) in [6, 6.07) is 4.77. The second-order valence-electron chi connectivity index (χ2n) is 5.35. The molecular weight excluding hydrogens is 371 g/mol. The Hall–Kier alpha value is -2.30. The van der Waals surface area contributed by atoms with Crippen molar-refractivity contribution in [1.82, 2.24) is 14.3 Å². The van der Waals surface area contributed by atoms with Gasteiger partial charge < -0.3 is 14.5 Å². The molecule has 0 aliphatic heterocycles. The quantitative estimate of drug-likeness (QED) is 0.660. The van der Waals surface area contributed by atoms with Crippen molar-refractivity contribution < 1.29 is 22.6 Å². The third-order valence-corrected chi connectivity index (χ3v) is 4.35. The standard InChI is InChI=1S/C16H14F3N3O3S/c1-24-5-6-25-8-11-20-13-12(22-26-14(13)15(23)21-11)9-3-2-4-10(7-9)16(17,18)19/h2-4,7H,5-6,8H2,1H3,(H,20,21,23). The third kappa shape index (κ3) is 3.92. The zero-order valence-electron chi connectivity index (χ0n) is 13.6. The molecule has 0 amide bonds. The molecule has 10 heteroatoms. The molecule has 0 saturated carbocycles. The van der Waals surface area contributed by atoms with Gasteiger partial charge in [0.15, 0.2) is 0 Å². The maximum absolute atomic E-state index is 12.9. The highest BCUT2D eigenvalue weighted by Crippen LogP contribution is 2.34. The molecule has 0 bridgehead atoms. The number of aromatic nitrogens is 3. The number of alkyl halides is 3. The number of nitrogens with one attached hydrogen (secondary N) is 1. The maximum Gasteiger partial charge on any atom is 0.416 e. The van der Waals surface area contributed by atoms with E-state index in [9.17, 15) is 18.0 Å². The Morgan fingerprint density at radius 3 is 2.81 bits per heavy atom. The first-order chi connectivity index (χ1) is 12.4. The van der Waals surface area contributed by atoms with Crippen molar-refractivity contribution >= 4 is 21.7 Å². The van der Waals surface area contributed by atoms with Crippen molar-refractivity contribution in [2.45, 2.75) is 12.8 Å². The Balaban J connectivity index is 1.99. The largest absolute Gasteiger partial charge is 0.416 e. The second kappa shape index (κ2) is 7.52. The van der Waals surface area contributed by atoms with Crippen molar-refractivity contribution in [3.8, 4) is 11.3 Å². The molecule has 1 N–H and O–H groups in total. The Kier molecular flexibility index (Phi) is 5.35. The predicted molar refractivity (Wildman–Crippen MR) is 90.0 cm³/mol. The summed E-state index contributed by atoms with van der Waals surface area (Å²) >= 11 is 0.891. The summed E-state index contributed by atoms with van der Waals surface area (Å²) in [7, 11) is 1.54. The molecular formula is C16H14F3N3O3S. The molecule has 26 heavy (non-hydrogen) atoms.